The minimum atomic E-state index is -0.545. The summed E-state index contributed by atoms with van der Waals surface area (Å²) in [5.41, 5.74) is 5.47. The summed E-state index contributed by atoms with van der Waals surface area (Å²) in [4.78, 5) is 11.0. The first-order chi connectivity index (χ1) is 8.17. The number of hydrogen-bond acceptors (Lipinski definition) is 4. The SMILES string of the molecule is COCCOc1ccc(NC(=O)CN)cc1F. The number of halogens is 1. The van der Waals surface area contributed by atoms with Gasteiger partial charge in [-0.2, -0.15) is 0 Å². The zero-order chi connectivity index (χ0) is 12.7. The van der Waals surface area contributed by atoms with Gasteiger partial charge >= 0.3 is 0 Å². The highest BCUT2D eigenvalue weighted by atomic mass is 19.1. The van der Waals surface area contributed by atoms with Gasteiger partial charge in [0.15, 0.2) is 11.6 Å². The van der Waals surface area contributed by atoms with Crippen LogP contribution in [0.3, 0.4) is 0 Å². The number of carbonyl (C=O) groups excluding carboxylic acids is 1. The largest absolute Gasteiger partial charge is 0.488 e. The first kappa shape index (κ1) is 13.4. The van der Waals surface area contributed by atoms with Crippen LogP contribution in [0.2, 0.25) is 0 Å². The summed E-state index contributed by atoms with van der Waals surface area (Å²) in [5, 5.41) is 2.44. The standard InChI is InChI=1S/C11H15FN2O3/c1-16-4-5-17-10-3-2-8(6-9(10)12)14-11(15)7-13/h2-3,6H,4-5,7,13H2,1H3,(H,14,15). The topological polar surface area (TPSA) is 73.6 Å². The highest BCUT2D eigenvalue weighted by molar-refractivity contribution is 5.92. The zero-order valence-electron chi connectivity index (χ0n) is 9.53. The number of amides is 1. The normalized spacial score (nSPS) is 10.1. The molecule has 1 aromatic rings. The number of benzene rings is 1. The lowest BCUT2D eigenvalue weighted by atomic mass is 10.3. The zero-order valence-corrected chi connectivity index (χ0v) is 9.53. The van der Waals surface area contributed by atoms with Crippen LogP contribution in [0.5, 0.6) is 5.75 Å². The molecule has 0 spiro atoms. The highest BCUT2D eigenvalue weighted by Gasteiger charge is 2.06. The number of nitrogens with two attached hydrogens (primary N) is 1. The molecule has 0 bridgehead atoms. The summed E-state index contributed by atoms with van der Waals surface area (Å²) in [7, 11) is 1.53. The third-order valence-corrected chi connectivity index (χ3v) is 1.95. The fourth-order valence-electron chi connectivity index (χ4n) is 1.14. The van der Waals surface area contributed by atoms with Gasteiger partial charge in [0.2, 0.25) is 5.91 Å². The van der Waals surface area contributed by atoms with Crippen LogP contribution >= 0.6 is 0 Å². The van der Waals surface area contributed by atoms with E-state index in [0.717, 1.165) is 0 Å². The van der Waals surface area contributed by atoms with Crippen LogP contribution in [0, 0.1) is 5.82 Å². The Morgan fingerprint density at radius 1 is 1.47 bits per heavy atom. The van der Waals surface area contributed by atoms with Crippen LogP contribution in [0.4, 0.5) is 10.1 Å². The lowest BCUT2D eigenvalue weighted by Gasteiger charge is -2.08. The molecule has 0 aliphatic carbocycles. The van der Waals surface area contributed by atoms with Crippen LogP contribution < -0.4 is 15.8 Å². The molecule has 0 atom stereocenters. The second-order valence-electron chi connectivity index (χ2n) is 3.24. The lowest BCUT2D eigenvalue weighted by Crippen LogP contribution is -2.21. The van der Waals surface area contributed by atoms with Gasteiger partial charge in [0.25, 0.3) is 0 Å². The fraction of sp³-hybridized carbons (Fsp3) is 0.364. The van der Waals surface area contributed by atoms with Gasteiger partial charge < -0.3 is 20.5 Å². The summed E-state index contributed by atoms with van der Waals surface area (Å²) in [6.45, 7) is 0.501. The van der Waals surface area contributed by atoms with Crippen molar-refractivity contribution in [1.29, 1.82) is 0 Å². The Balaban J connectivity index is 2.62. The van der Waals surface area contributed by atoms with E-state index in [1.807, 2.05) is 0 Å². The molecule has 6 heteroatoms. The van der Waals surface area contributed by atoms with E-state index in [0.29, 0.717) is 12.3 Å². The van der Waals surface area contributed by atoms with Crippen molar-refractivity contribution in [3.8, 4) is 5.75 Å². The van der Waals surface area contributed by atoms with Gasteiger partial charge in [-0.3, -0.25) is 4.79 Å². The minimum Gasteiger partial charge on any atom is -0.488 e. The quantitative estimate of drug-likeness (QED) is 0.722. The second kappa shape index (κ2) is 6.82. The lowest BCUT2D eigenvalue weighted by molar-refractivity contribution is -0.114. The third-order valence-electron chi connectivity index (χ3n) is 1.95. The Morgan fingerprint density at radius 3 is 2.82 bits per heavy atom. The number of carbonyl (C=O) groups is 1. The predicted molar refractivity (Wildman–Crippen MR) is 61.5 cm³/mol. The Kier molecular flexibility index (Phi) is 5.38. The smallest absolute Gasteiger partial charge is 0.238 e. The Morgan fingerprint density at radius 2 is 2.24 bits per heavy atom. The molecule has 0 saturated heterocycles. The van der Waals surface area contributed by atoms with Crippen LogP contribution in [0.15, 0.2) is 18.2 Å². The number of methoxy groups -OCH3 is 1. The maximum absolute atomic E-state index is 13.5. The highest BCUT2D eigenvalue weighted by Crippen LogP contribution is 2.20. The van der Waals surface area contributed by atoms with Crippen LogP contribution in [0.1, 0.15) is 0 Å². The molecule has 0 radical (unpaired) electrons. The predicted octanol–water partition coefficient (Wildman–Crippen LogP) is 0.748. The average molecular weight is 242 g/mol. The van der Waals surface area contributed by atoms with E-state index in [9.17, 15) is 9.18 Å². The molecular formula is C11H15FN2O3. The summed E-state index contributed by atoms with van der Waals surface area (Å²) >= 11 is 0. The first-order valence-electron chi connectivity index (χ1n) is 5.08. The van der Waals surface area contributed by atoms with Gasteiger partial charge in [-0.15, -0.1) is 0 Å². The van der Waals surface area contributed by atoms with E-state index in [1.54, 1.807) is 6.07 Å². The molecule has 1 amide bonds. The van der Waals surface area contributed by atoms with Crippen molar-refractivity contribution in [2.24, 2.45) is 5.73 Å². The second-order valence-corrected chi connectivity index (χ2v) is 3.24. The number of nitrogens with one attached hydrogen (secondary N) is 1. The van der Waals surface area contributed by atoms with Crippen molar-refractivity contribution in [3.05, 3.63) is 24.0 Å². The van der Waals surface area contributed by atoms with Crippen LogP contribution in [0.25, 0.3) is 0 Å². The molecule has 0 aromatic heterocycles. The summed E-state index contributed by atoms with van der Waals surface area (Å²) in [5.74, 6) is -0.804. The van der Waals surface area contributed by atoms with E-state index < -0.39 is 5.82 Å². The maximum Gasteiger partial charge on any atom is 0.238 e. The van der Waals surface area contributed by atoms with Crippen molar-refractivity contribution in [2.45, 2.75) is 0 Å². The summed E-state index contributed by atoms with van der Waals surface area (Å²) in [6, 6.07) is 4.16. The van der Waals surface area contributed by atoms with E-state index in [2.05, 4.69) is 5.32 Å². The molecule has 0 aliphatic heterocycles. The number of rotatable bonds is 6. The maximum atomic E-state index is 13.5. The Bertz CT molecular complexity index is 385. The van der Waals surface area contributed by atoms with E-state index in [-0.39, 0.29) is 24.8 Å². The Hall–Kier alpha value is -1.66. The molecular weight excluding hydrogens is 227 g/mol. The van der Waals surface area contributed by atoms with Gasteiger partial charge in [0.05, 0.1) is 13.2 Å². The number of hydrogen-bond donors (Lipinski definition) is 2. The number of anilines is 1. The molecule has 1 rings (SSSR count). The molecule has 1 aromatic carbocycles. The molecule has 0 fully saturated rings. The average Bonchev–Trinajstić information content (AvgIpc) is 2.32. The molecule has 94 valence electrons. The van der Waals surface area contributed by atoms with Gasteiger partial charge in [-0.1, -0.05) is 0 Å². The van der Waals surface area contributed by atoms with Crippen molar-refractivity contribution < 1.29 is 18.7 Å². The summed E-state index contributed by atoms with van der Waals surface area (Å²) < 4.78 is 23.4. The van der Waals surface area contributed by atoms with Crippen molar-refractivity contribution in [1.82, 2.24) is 0 Å². The van der Waals surface area contributed by atoms with Gasteiger partial charge in [0, 0.05) is 18.9 Å². The summed E-state index contributed by atoms with van der Waals surface area (Å²) in [6.07, 6.45) is 0. The van der Waals surface area contributed by atoms with Crippen LogP contribution in [-0.4, -0.2) is 32.8 Å². The third kappa shape index (κ3) is 4.38. The molecule has 0 heterocycles. The van der Waals surface area contributed by atoms with E-state index in [4.69, 9.17) is 15.2 Å². The molecule has 3 N–H and O–H groups in total. The van der Waals surface area contributed by atoms with Crippen molar-refractivity contribution >= 4 is 11.6 Å². The van der Waals surface area contributed by atoms with Gasteiger partial charge in [-0.05, 0) is 12.1 Å². The van der Waals surface area contributed by atoms with E-state index >= 15 is 0 Å². The first-order valence-corrected chi connectivity index (χ1v) is 5.08. The Labute approximate surface area is 98.7 Å². The number of ether oxygens (including phenoxy) is 2. The molecule has 5 nitrogen and oxygen atoms in total. The van der Waals surface area contributed by atoms with Gasteiger partial charge in [0.1, 0.15) is 6.61 Å². The molecule has 17 heavy (non-hydrogen) atoms. The fourth-order valence-corrected chi connectivity index (χ4v) is 1.14. The van der Waals surface area contributed by atoms with E-state index in [1.165, 1.54) is 19.2 Å². The van der Waals surface area contributed by atoms with Crippen molar-refractivity contribution in [2.75, 3.05) is 32.2 Å². The van der Waals surface area contributed by atoms with Crippen molar-refractivity contribution in [3.63, 3.8) is 0 Å². The van der Waals surface area contributed by atoms with Gasteiger partial charge in [-0.25, -0.2) is 4.39 Å². The minimum absolute atomic E-state index is 0.118. The monoisotopic (exact) mass is 242 g/mol. The molecule has 0 saturated carbocycles. The molecule has 0 unspecified atom stereocenters. The van der Waals surface area contributed by atoms with Crippen LogP contribution in [-0.2, 0) is 9.53 Å². The molecule has 0 aliphatic rings.